The Labute approximate surface area is 92.2 Å². The topological polar surface area (TPSA) is 21.3 Å². The summed E-state index contributed by atoms with van der Waals surface area (Å²) in [4.78, 5) is 0. The molecule has 1 fully saturated rings. The predicted molar refractivity (Wildman–Crippen MR) is 64.1 cm³/mol. The summed E-state index contributed by atoms with van der Waals surface area (Å²) in [6, 6.07) is 0.812. The fourth-order valence-electron chi connectivity index (χ4n) is 1.89. The number of methoxy groups -OCH3 is 1. The molecule has 3 heteroatoms. The maximum absolute atomic E-state index is 5.00. The van der Waals surface area contributed by atoms with E-state index in [1.165, 1.54) is 44.4 Å². The largest absolute Gasteiger partial charge is 0.384 e. The summed E-state index contributed by atoms with van der Waals surface area (Å²) in [7, 11) is 1.76. The molecule has 0 aromatic heterocycles. The molecule has 1 N–H and O–H groups in total. The van der Waals surface area contributed by atoms with Crippen LogP contribution < -0.4 is 5.32 Å². The Morgan fingerprint density at radius 1 is 1.21 bits per heavy atom. The second-order valence-electron chi connectivity index (χ2n) is 3.89. The van der Waals surface area contributed by atoms with Gasteiger partial charge in [0.25, 0.3) is 0 Å². The van der Waals surface area contributed by atoms with Gasteiger partial charge in [0.05, 0.1) is 6.61 Å². The molecule has 1 aliphatic carbocycles. The second kappa shape index (κ2) is 8.57. The van der Waals surface area contributed by atoms with E-state index in [1.807, 2.05) is 11.8 Å². The normalized spacial score (nSPS) is 18.6. The number of thioether (sulfide) groups is 1. The van der Waals surface area contributed by atoms with Crippen molar-refractivity contribution in [1.82, 2.24) is 5.32 Å². The van der Waals surface area contributed by atoms with E-state index in [-0.39, 0.29) is 0 Å². The molecule has 0 saturated heterocycles. The van der Waals surface area contributed by atoms with Crippen molar-refractivity contribution in [3.8, 4) is 0 Å². The molecule has 0 spiro atoms. The van der Waals surface area contributed by atoms with Gasteiger partial charge in [0.2, 0.25) is 0 Å². The summed E-state index contributed by atoms with van der Waals surface area (Å²) in [6.07, 6.45) is 7.08. The lowest BCUT2D eigenvalue weighted by molar-refractivity contribution is 0.218. The van der Waals surface area contributed by atoms with Crippen molar-refractivity contribution in [2.75, 3.05) is 31.8 Å². The number of hydrogen-bond acceptors (Lipinski definition) is 3. The van der Waals surface area contributed by atoms with Crippen molar-refractivity contribution in [3.05, 3.63) is 0 Å². The molecule has 14 heavy (non-hydrogen) atoms. The standard InChI is InChI=1S/C11H23NOS/c1-13-8-10-14-9-7-12-11-5-3-2-4-6-11/h11-12H,2-10H2,1H3. The quantitative estimate of drug-likeness (QED) is 0.661. The minimum Gasteiger partial charge on any atom is -0.384 e. The van der Waals surface area contributed by atoms with Crippen molar-refractivity contribution >= 4 is 11.8 Å². The average molecular weight is 217 g/mol. The summed E-state index contributed by atoms with van der Waals surface area (Å²) in [6.45, 7) is 2.05. The van der Waals surface area contributed by atoms with Gasteiger partial charge in [-0.15, -0.1) is 0 Å². The van der Waals surface area contributed by atoms with Crippen LogP contribution in [0.15, 0.2) is 0 Å². The van der Waals surface area contributed by atoms with E-state index in [0.29, 0.717) is 0 Å². The number of rotatable bonds is 7. The van der Waals surface area contributed by atoms with Gasteiger partial charge in [-0.25, -0.2) is 0 Å². The van der Waals surface area contributed by atoms with E-state index in [0.717, 1.165) is 18.4 Å². The van der Waals surface area contributed by atoms with Crippen LogP contribution in [0.1, 0.15) is 32.1 Å². The Balaban J connectivity index is 1.82. The molecule has 0 aromatic carbocycles. The summed E-state index contributed by atoms with van der Waals surface area (Å²) in [5.74, 6) is 2.35. The van der Waals surface area contributed by atoms with E-state index in [2.05, 4.69) is 5.32 Å². The summed E-state index contributed by atoms with van der Waals surface area (Å²) in [5.41, 5.74) is 0. The monoisotopic (exact) mass is 217 g/mol. The maximum Gasteiger partial charge on any atom is 0.0552 e. The first-order chi connectivity index (χ1) is 6.93. The molecule has 0 atom stereocenters. The van der Waals surface area contributed by atoms with Crippen LogP contribution >= 0.6 is 11.8 Å². The van der Waals surface area contributed by atoms with E-state index in [1.54, 1.807) is 7.11 Å². The molecule has 1 aliphatic rings. The second-order valence-corrected chi connectivity index (χ2v) is 5.12. The third kappa shape index (κ3) is 5.89. The molecule has 1 rings (SSSR count). The third-order valence-corrected chi connectivity index (χ3v) is 3.66. The Morgan fingerprint density at radius 2 is 2.00 bits per heavy atom. The molecule has 0 aromatic rings. The number of nitrogens with one attached hydrogen (secondary N) is 1. The lowest BCUT2D eigenvalue weighted by Gasteiger charge is -2.22. The average Bonchev–Trinajstić information content (AvgIpc) is 2.25. The van der Waals surface area contributed by atoms with Crippen LogP contribution in [0.3, 0.4) is 0 Å². The van der Waals surface area contributed by atoms with Gasteiger partial charge in [0.15, 0.2) is 0 Å². The Morgan fingerprint density at radius 3 is 2.71 bits per heavy atom. The zero-order valence-electron chi connectivity index (χ0n) is 9.26. The molecule has 0 amide bonds. The molecule has 0 aliphatic heterocycles. The van der Waals surface area contributed by atoms with Crippen LogP contribution in [0.25, 0.3) is 0 Å². The molecule has 0 heterocycles. The van der Waals surface area contributed by atoms with Gasteiger partial charge >= 0.3 is 0 Å². The van der Waals surface area contributed by atoms with Crippen LogP contribution in [-0.4, -0.2) is 37.8 Å². The predicted octanol–water partition coefficient (Wildman–Crippen LogP) is 2.29. The van der Waals surface area contributed by atoms with Crippen molar-refractivity contribution in [1.29, 1.82) is 0 Å². The van der Waals surface area contributed by atoms with E-state index >= 15 is 0 Å². The molecule has 2 nitrogen and oxygen atoms in total. The first kappa shape index (κ1) is 12.3. The zero-order chi connectivity index (χ0) is 10.1. The first-order valence-corrected chi connectivity index (χ1v) is 6.89. The van der Waals surface area contributed by atoms with Gasteiger partial charge in [-0.1, -0.05) is 19.3 Å². The number of ether oxygens (including phenoxy) is 1. The summed E-state index contributed by atoms with van der Waals surface area (Å²) in [5, 5.41) is 3.64. The molecule has 84 valence electrons. The van der Waals surface area contributed by atoms with E-state index < -0.39 is 0 Å². The van der Waals surface area contributed by atoms with Crippen molar-refractivity contribution in [2.45, 2.75) is 38.1 Å². The lowest BCUT2D eigenvalue weighted by Crippen LogP contribution is -2.32. The molecular weight excluding hydrogens is 194 g/mol. The highest BCUT2D eigenvalue weighted by molar-refractivity contribution is 7.99. The van der Waals surface area contributed by atoms with Crippen LogP contribution in [0.5, 0.6) is 0 Å². The molecular formula is C11H23NOS. The summed E-state index contributed by atoms with van der Waals surface area (Å²) < 4.78 is 5.00. The lowest BCUT2D eigenvalue weighted by atomic mass is 9.96. The fraction of sp³-hybridized carbons (Fsp3) is 1.00. The molecule has 0 radical (unpaired) electrons. The van der Waals surface area contributed by atoms with E-state index in [9.17, 15) is 0 Å². The SMILES string of the molecule is COCCSCCNC1CCCCC1. The van der Waals surface area contributed by atoms with Crippen molar-refractivity contribution in [3.63, 3.8) is 0 Å². The van der Waals surface area contributed by atoms with Gasteiger partial charge in [-0.3, -0.25) is 0 Å². The van der Waals surface area contributed by atoms with Crippen molar-refractivity contribution in [2.24, 2.45) is 0 Å². The van der Waals surface area contributed by atoms with Gasteiger partial charge < -0.3 is 10.1 Å². The van der Waals surface area contributed by atoms with E-state index in [4.69, 9.17) is 4.74 Å². The van der Waals surface area contributed by atoms with Gasteiger partial charge in [-0.05, 0) is 12.8 Å². The highest BCUT2D eigenvalue weighted by Crippen LogP contribution is 2.17. The Hall–Kier alpha value is 0.270. The highest BCUT2D eigenvalue weighted by atomic mass is 32.2. The smallest absolute Gasteiger partial charge is 0.0552 e. The molecule has 0 bridgehead atoms. The maximum atomic E-state index is 5.00. The van der Waals surface area contributed by atoms with Gasteiger partial charge in [-0.2, -0.15) is 11.8 Å². The fourth-order valence-corrected chi connectivity index (χ4v) is 2.64. The minimum absolute atomic E-state index is 0.812. The Bertz CT molecular complexity index is 126. The third-order valence-electron chi connectivity index (χ3n) is 2.72. The zero-order valence-corrected chi connectivity index (χ0v) is 10.1. The minimum atomic E-state index is 0.812. The van der Waals surface area contributed by atoms with Crippen LogP contribution in [0.4, 0.5) is 0 Å². The van der Waals surface area contributed by atoms with Crippen molar-refractivity contribution < 1.29 is 4.74 Å². The molecule has 1 saturated carbocycles. The molecule has 0 unspecified atom stereocenters. The van der Waals surface area contributed by atoms with Crippen LogP contribution in [0.2, 0.25) is 0 Å². The van der Waals surface area contributed by atoms with Crippen LogP contribution in [-0.2, 0) is 4.74 Å². The van der Waals surface area contributed by atoms with Gasteiger partial charge in [0, 0.05) is 31.2 Å². The van der Waals surface area contributed by atoms with Gasteiger partial charge in [0.1, 0.15) is 0 Å². The first-order valence-electron chi connectivity index (χ1n) is 5.73. The summed E-state index contributed by atoms with van der Waals surface area (Å²) >= 11 is 1.98. The highest BCUT2D eigenvalue weighted by Gasteiger charge is 2.11. The van der Waals surface area contributed by atoms with Crippen LogP contribution in [0, 0.1) is 0 Å². The Kier molecular flexibility index (Phi) is 7.55. The number of hydrogen-bond donors (Lipinski definition) is 1.